The van der Waals surface area contributed by atoms with Crippen LogP contribution in [0.5, 0.6) is 0 Å². The third-order valence-corrected chi connectivity index (χ3v) is 2.43. The third kappa shape index (κ3) is 3.23. The molecule has 1 N–H and O–H groups in total. The average molecular weight is 283 g/mol. The number of ether oxygens (including phenoxy) is 2. The summed E-state index contributed by atoms with van der Waals surface area (Å²) >= 11 is 5.71. The van der Waals surface area contributed by atoms with Gasteiger partial charge >= 0.3 is 11.9 Å². The lowest BCUT2D eigenvalue weighted by molar-refractivity contribution is -0.222. The Hall–Kier alpha value is -2.08. The van der Waals surface area contributed by atoms with Gasteiger partial charge in [-0.3, -0.25) is 0 Å². The van der Waals surface area contributed by atoms with Gasteiger partial charge < -0.3 is 14.8 Å². The minimum atomic E-state index is -1.24. The first-order chi connectivity index (χ1) is 8.87. The molecule has 2 rings (SSSR count). The lowest BCUT2D eigenvalue weighted by atomic mass is 10.2. The number of halogens is 1. The lowest BCUT2D eigenvalue weighted by Crippen LogP contribution is -2.42. The molecule has 1 aliphatic rings. The Morgan fingerprint density at radius 1 is 1.32 bits per heavy atom. The van der Waals surface area contributed by atoms with E-state index in [0.29, 0.717) is 10.8 Å². The minimum Gasteiger partial charge on any atom is -0.419 e. The summed E-state index contributed by atoms with van der Waals surface area (Å²) in [6, 6.07) is 3.18. The minimum absolute atomic E-state index is 0.216. The van der Waals surface area contributed by atoms with E-state index in [9.17, 15) is 9.59 Å². The van der Waals surface area contributed by atoms with Crippen LogP contribution < -0.4 is 5.32 Å². The van der Waals surface area contributed by atoms with Gasteiger partial charge in [0, 0.05) is 31.9 Å². The maximum absolute atomic E-state index is 11.6. The van der Waals surface area contributed by atoms with Crippen LogP contribution in [0.2, 0.25) is 5.15 Å². The number of aromatic nitrogens is 1. The predicted molar refractivity (Wildman–Crippen MR) is 67.2 cm³/mol. The Bertz CT molecular complexity index is 547. The van der Waals surface area contributed by atoms with E-state index in [1.54, 1.807) is 12.1 Å². The highest BCUT2D eigenvalue weighted by Crippen LogP contribution is 2.22. The van der Waals surface area contributed by atoms with Crippen molar-refractivity contribution >= 4 is 29.2 Å². The van der Waals surface area contributed by atoms with E-state index in [2.05, 4.69) is 10.3 Å². The van der Waals surface area contributed by atoms with E-state index in [1.165, 1.54) is 26.2 Å². The van der Waals surface area contributed by atoms with E-state index < -0.39 is 17.7 Å². The lowest BCUT2D eigenvalue weighted by Gasteiger charge is -2.29. The van der Waals surface area contributed by atoms with E-state index in [4.69, 9.17) is 21.1 Å². The van der Waals surface area contributed by atoms with Crippen LogP contribution in [-0.4, -0.2) is 22.7 Å². The van der Waals surface area contributed by atoms with Gasteiger partial charge in [-0.1, -0.05) is 11.6 Å². The molecule has 0 spiro atoms. The molecule has 1 aromatic rings. The van der Waals surface area contributed by atoms with Crippen molar-refractivity contribution in [1.29, 1.82) is 0 Å². The highest BCUT2D eigenvalue weighted by atomic mass is 35.5. The SMILES string of the molecule is CC1(C)OC(=O)C(=CNc2ccnc(Cl)c2)C(=O)O1. The largest absolute Gasteiger partial charge is 0.419 e. The molecule has 1 saturated heterocycles. The van der Waals surface area contributed by atoms with Crippen LogP contribution in [0.1, 0.15) is 13.8 Å². The van der Waals surface area contributed by atoms with Crippen LogP contribution in [0, 0.1) is 0 Å². The number of pyridine rings is 1. The molecule has 0 atom stereocenters. The van der Waals surface area contributed by atoms with Crippen molar-refractivity contribution in [2.45, 2.75) is 19.6 Å². The molecule has 1 aliphatic heterocycles. The number of nitrogens with one attached hydrogen (secondary N) is 1. The van der Waals surface area contributed by atoms with Crippen molar-refractivity contribution in [3.05, 3.63) is 35.3 Å². The molecule has 2 heterocycles. The summed E-state index contributed by atoms with van der Waals surface area (Å²) in [6.07, 6.45) is 2.70. The van der Waals surface area contributed by atoms with Gasteiger partial charge in [-0.25, -0.2) is 14.6 Å². The summed E-state index contributed by atoms with van der Waals surface area (Å²) in [6.45, 7) is 2.96. The fraction of sp³-hybridized carbons (Fsp3) is 0.250. The number of hydrogen-bond donors (Lipinski definition) is 1. The second kappa shape index (κ2) is 4.89. The van der Waals surface area contributed by atoms with Crippen molar-refractivity contribution < 1.29 is 19.1 Å². The highest BCUT2D eigenvalue weighted by molar-refractivity contribution is 6.29. The molecule has 6 nitrogen and oxygen atoms in total. The zero-order valence-corrected chi connectivity index (χ0v) is 11.0. The number of anilines is 1. The number of cyclic esters (lactones) is 2. The maximum Gasteiger partial charge on any atom is 0.350 e. The zero-order chi connectivity index (χ0) is 14.0. The van der Waals surface area contributed by atoms with Crippen molar-refractivity contribution in [2.24, 2.45) is 0 Å². The molecule has 7 heteroatoms. The molecule has 0 saturated carbocycles. The number of esters is 2. The molecule has 0 aromatic carbocycles. The van der Waals surface area contributed by atoms with Crippen LogP contribution in [-0.2, 0) is 19.1 Å². The second-order valence-corrected chi connectivity index (χ2v) is 4.64. The summed E-state index contributed by atoms with van der Waals surface area (Å²) in [4.78, 5) is 27.1. The topological polar surface area (TPSA) is 77.5 Å². The fourth-order valence-corrected chi connectivity index (χ4v) is 1.60. The van der Waals surface area contributed by atoms with Crippen LogP contribution in [0.25, 0.3) is 0 Å². The normalized spacial score (nSPS) is 17.5. The Kier molecular flexibility index (Phi) is 3.44. The number of nitrogens with zero attached hydrogens (tertiary/aromatic N) is 1. The van der Waals surface area contributed by atoms with Crippen LogP contribution >= 0.6 is 11.6 Å². The highest BCUT2D eigenvalue weighted by Gasteiger charge is 2.38. The number of carbonyl (C=O) groups excluding carboxylic acids is 2. The van der Waals surface area contributed by atoms with Gasteiger partial charge in [0.2, 0.25) is 0 Å². The number of rotatable bonds is 2. The third-order valence-electron chi connectivity index (χ3n) is 2.23. The monoisotopic (exact) mass is 282 g/mol. The van der Waals surface area contributed by atoms with Gasteiger partial charge in [-0.15, -0.1) is 0 Å². The van der Waals surface area contributed by atoms with E-state index in [1.807, 2.05) is 0 Å². The summed E-state index contributed by atoms with van der Waals surface area (Å²) in [5.41, 5.74) is 0.366. The van der Waals surface area contributed by atoms with E-state index in [0.717, 1.165) is 0 Å². The summed E-state index contributed by atoms with van der Waals surface area (Å²) < 4.78 is 9.88. The van der Waals surface area contributed by atoms with Gasteiger partial charge in [-0.05, 0) is 12.1 Å². The summed E-state index contributed by atoms with van der Waals surface area (Å²) in [5, 5.41) is 3.05. The first-order valence-electron chi connectivity index (χ1n) is 5.42. The molecule has 1 fully saturated rings. The fourth-order valence-electron chi connectivity index (χ4n) is 1.43. The molecule has 19 heavy (non-hydrogen) atoms. The Morgan fingerprint density at radius 3 is 2.53 bits per heavy atom. The van der Waals surface area contributed by atoms with Gasteiger partial charge in [0.05, 0.1) is 0 Å². The van der Waals surface area contributed by atoms with Gasteiger partial charge in [-0.2, -0.15) is 0 Å². The van der Waals surface area contributed by atoms with Crippen molar-refractivity contribution in [3.63, 3.8) is 0 Å². The van der Waals surface area contributed by atoms with Crippen molar-refractivity contribution in [3.8, 4) is 0 Å². The molecule has 0 aliphatic carbocycles. The van der Waals surface area contributed by atoms with Crippen molar-refractivity contribution in [1.82, 2.24) is 4.98 Å². The second-order valence-electron chi connectivity index (χ2n) is 4.25. The molecular weight excluding hydrogens is 272 g/mol. The summed E-state index contributed by atoms with van der Waals surface area (Å²) in [7, 11) is 0. The molecule has 0 radical (unpaired) electrons. The quantitative estimate of drug-likeness (QED) is 0.386. The molecule has 100 valence electrons. The molecule has 0 bridgehead atoms. The molecule has 0 unspecified atom stereocenters. The van der Waals surface area contributed by atoms with Crippen LogP contribution in [0.4, 0.5) is 5.69 Å². The smallest absolute Gasteiger partial charge is 0.350 e. The van der Waals surface area contributed by atoms with Gasteiger partial charge in [0.1, 0.15) is 5.15 Å². The Morgan fingerprint density at radius 2 is 1.95 bits per heavy atom. The molecule has 0 amide bonds. The molecule has 1 aromatic heterocycles. The van der Waals surface area contributed by atoms with Crippen LogP contribution in [0.3, 0.4) is 0 Å². The number of hydrogen-bond acceptors (Lipinski definition) is 6. The van der Waals surface area contributed by atoms with E-state index in [-0.39, 0.29) is 5.57 Å². The zero-order valence-electron chi connectivity index (χ0n) is 10.3. The van der Waals surface area contributed by atoms with Gasteiger partial charge in [0.25, 0.3) is 5.79 Å². The standard InChI is InChI=1S/C12H11ClN2O4/c1-12(2)18-10(16)8(11(17)19-12)6-15-7-3-4-14-9(13)5-7/h3-6H,1-2H3,(H,14,15). The van der Waals surface area contributed by atoms with Gasteiger partial charge in [0.15, 0.2) is 5.57 Å². The Balaban J connectivity index is 2.15. The Labute approximate surface area is 114 Å². The number of carbonyl (C=O) groups is 2. The first-order valence-corrected chi connectivity index (χ1v) is 5.80. The van der Waals surface area contributed by atoms with Crippen molar-refractivity contribution in [2.75, 3.05) is 5.32 Å². The summed E-state index contributed by atoms with van der Waals surface area (Å²) in [5.74, 6) is -2.73. The maximum atomic E-state index is 11.6. The molecular formula is C12H11ClN2O4. The van der Waals surface area contributed by atoms with Crippen LogP contribution in [0.15, 0.2) is 30.1 Å². The van der Waals surface area contributed by atoms with E-state index >= 15 is 0 Å². The average Bonchev–Trinajstić information content (AvgIpc) is 2.26. The first kappa shape index (κ1) is 13.4. The predicted octanol–water partition coefficient (Wildman–Crippen LogP) is 1.87.